The maximum absolute atomic E-state index is 5.73. The average molecular weight is 277 g/mol. The standard InChI is InChI=1S/C18H31NO/c1-14(2)10-11-20-18-8-6-17(7-9-18)13-19-12-16(5)15(3)4/h6-9,14-16,19H,10-13H2,1-5H3. The minimum absolute atomic E-state index is 0.696. The van der Waals surface area contributed by atoms with E-state index >= 15 is 0 Å². The van der Waals surface area contributed by atoms with E-state index in [2.05, 4.69) is 64.2 Å². The topological polar surface area (TPSA) is 21.3 Å². The smallest absolute Gasteiger partial charge is 0.119 e. The minimum atomic E-state index is 0.696. The molecule has 0 aliphatic carbocycles. The van der Waals surface area contributed by atoms with Crippen molar-refractivity contribution in [2.45, 2.75) is 47.6 Å². The Bertz CT molecular complexity index is 356. The molecule has 0 aliphatic heterocycles. The Morgan fingerprint density at radius 3 is 2.20 bits per heavy atom. The Balaban J connectivity index is 2.28. The van der Waals surface area contributed by atoms with Gasteiger partial charge in [0.05, 0.1) is 6.61 Å². The van der Waals surface area contributed by atoms with Gasteiger partial charge in [0.15, 0.2) is 0 Å². The molecule has 0 fully saturated rings. The third-order valence-electron chi connectivity index (χ3n) is 3.82. The number of hydrogen-bond acceptors (Lipinski definition) is 2. The van der Waals surface area contributed by atoms with E-state index in [4.69, 9.17) is 4.74 Å². The molecule has 1 atom stereocenters. The SMILES string of the molecule is CC(C)CCOc1ccc(CNCC(C)C(C)C)cc1. The monoisotopic (exact) mass is 277 g/mol. The van der Waals surface area contributed by atoms with Gasteiger partial charge in [-0.25, -0.2) is 0 Å². The second kappa shape index (κ2) is 9.02. The summed E-state index contributed by atoms with van der Waals surface area (Å²) in [7, 11) is 0. The Morgan fingerprint density at radius 2 is 1.65 bits per heavy atom. The molecular weight excluding hydrogens is 246 g/mol. The van der Waals surface area contributed by atoms with Gasteiger partial charge in [0, 0.05) is 6.54 Å². The molecule has 0 amide bonds. The van der Waals surface area contributed by atoms with E-state index in [0.29, 0.717) is 11.8 Å². The van der Waals surface area contributed by atoms with Crippen LogP contribution in [0.25, 0.3) is 0 Å². The molecule has 2 heteroatoms. The molecule has 1 aromatic carbocycles. The first-order valence-corrected chi connectivity index (χ1v) is 7.91. The molecule has 1 rings (SSSR count). The van der Waals surface area contributed by atoms with Gasteiger partial charge < -0.3 is 10.1 Å². The first-order chi connectivity index (χ1) is 9.49. The van der Waals surface area contributed by atoms with Crippen LogP contribution in [0.15, 0.2) is 24.3 Å². The molecule has 0 radical (unpaired) electrons. The van der Waals surface area contributed by atoms with E-state index < -0.39 is 0 Å². The lowest BCUT2D eigenvalue weighted by molar-refractivity contribution is 0.289. The fourth-order valence-electron chi connectivity index (χ4n) is 1.80. The van der Waals surface area contributed by atoms with Crippen molar-refractivity contribution in [3.05, 3.63) is 29.8 Å². The Hall–Kier alpha value is -1.02. The maximum Gasteiger partial charge on any atom is 0.119 e. The molecule has 1 unspecified atom stereocenters. The summed E-state index contributed by atoms with van der Waals surface area (Å²) < 4.78 is 5.73. The van der Waals surface area contributed by atoms with Crippen molar-refractivity contribution < 1.29 is 4.74 Å². The molecule has 1 N–H and O–H groups in total. The lowest BCUT2D eigenvalue weighted by Gasteiger charge is -2.16. The lowest BCUT2D eigenvalue weighted by Crippen LogP contribution is -2.23. The van der Waals surface area contributed by atoms with Crippen LogP contribution in [0.5, 0.6) is 5.75 Å². The van der Waals surface area contributed by atoms with Crippen LogP contribution in [-0.4, -0.2) is 13.2 Å². The molecule has 0 aliphatic rings. The summed E-state index contributed by atoms with van der Waals surface area (Å²) in [4.78, 5) is 0. The second-order valence-corrected chi connectivity index (χ2v) is 6.53. The predicted molar refractivity (Wildman–Crippen MR) is 87.1 cm³/mol. The van der Waals surface area contributed by atoms with Gasteiger partial charge in [0.25, 0.3) is 0 Å². The number of benzene rings is 1. The summed E-state index contributed by atoms with van der Waals surface area (Å²) in [6.07, 6.45) is 1.11. The molecule has 114 valence electrons. The molecule has 20 heavy (non-hydrogen) atoms. The van der Waals surface area contributed by atoms with Gasteiger partial charge >= 0.3 is 0 Å². The number of ether oxygens (including phenoxy) is 1. The summed E-state index contributed by atoms with van der Waals surface area (Å²) in [5.41, 5.74) is 1.32. The average Bonchev–Trinajstić information content (AvgIpc) is 2.40. The van der Waals surface area contributed by atoms with Crippen LogP contribution < -0.4 is 10.1 Å². The highest BCUT2D eigenvalue weighted by Crippen LogP contribution is 2.14. The molecular formula is C18H31NO. The largest absolute Gasteiger partial charge is 0.494 e. The van der Waals surface area contributed by atoms with Gasteiger partial charge in [-0.2, -0.15) is 0 Å². The lowest BCUT2D eigenvalue weighted by atomic mass is 9.98. The zero-order chi connectivity index (χ0) is 15.0. The van der Waals surface area contributed by atoms with Crippen molar-refractivity contribution in [1.82, 2.24) is 5.32 Å². The van der Waals surface area contributed by atoms with Crippen LogP contribution in [0.3, 0.4) is 0 Å². The first kappa shape index (κ1) is 17.0. The molecule has 2 nitrogen and oxygen atoms in total. The van der Waals surface area contributed by atoms with E-state index in [1.807, 2.05) is 0 Å². The summed E-state index contributed by atoms with van der Waals surface area (Å²) in [6, 6.07) is 8.45. The minimum Gasteiger partial charge on any atom is -0.494 e. The molecule has 0 aromatic heterocycles. The number of hydrogen-bond donors (Lipinski definition) is 1. The summed E-state index contributed by atoms with van der Waals surface area (Å²) in [5, 5.41) is 3.52. The van der Waals surface area contributed by atoms with Crippen molar-refractivity contribution in [3.63, 3.8) is 0 Å². The molecule has 1 aromatic rings. The zero-order valence-corrected chi connectivity index (χ0v) is 13.8. The summed E-state index contributed by atoms with van der Waals surface area (Å²) >= 11 is 0. The highest BCUT2D eigenvalue weighted by Gasteiger charge is 2.06. The Kier molecular flexibility index (Phi) is 7.68. The molecule has 0 bridgehead atoms. The third kappa shape index (κ3) is 6.95. The van der Waals surface area contributed by atoms with Gasteiger partial charge in [-0.3, -0.25) is 0 Å². The van der Waals surface area contributed by atoms with Crippen LogP contribution in [0, 0.1) is 17.8 Å². The van der Waals surface area contributed by atoms with E-state index in [9.17, 15) is 0 Å². The van der Waals surface area contributed by atoms with Crippen molar-refractivity contribution >= 4 is 0 Å². The summed E-state index contributed by atoms with van der Waals surface area (Å²) in [6.45, 7) is 14.1. The van der Waals surface area contributed by atoms with Crippen molar-refractivity contribution in [2.24, 2.45) is 17.8 Å². The van der Waals surface area contributed by atoms with E-state index in [-0.39, 0.29) is 0 Å². The fourth-order valence-corrected chi connectivity index (χ4v) is 1.80. The van der Waals surface area contributed by atoms with Crippen LogP contribution >= 0.6 is 0 Å². The molecule has 0 saturated carbocycles. The molecule has 0 heterocycles. The van der Waals surface area contributed by atoms with Crippen molar-refractivity contribution in [3.8, 4) is 5.75 Å². The van der Waals surface area contributed by atoms with E-state index in [1.54, 1.807) is 0 Å². The highest BCUT2D eigenvalue weighted by molar-refractivity contribution is 5.27. The first-order valence-electron chi connectivity index (χ1n) is 7.91. The second-order valence-electron chi connectivity index (χ2n) is 6.53. The Morgan fingerprint density at radius 1 is 1.00 bits per heavy atom. The predicted octanol–water partition coefficient (Wildman–Crippen LogP) is 4.49. The van der Waals surface area contributed by atoms with Gasteiger partial charge in [0.2, 0.25) is 0 Å². The molecule has 0 spiro atoms. The van der Waals surface area contributed by atoms with Crippen molar-refractivity contribution in [1.29, 1.82) is 0 Å². The van der Waals surface area contributed by atoms with Crippen LogP contribution in [0.4, 0.5) is 0 Å². The highest BCUT2D eigenvalue weighted by atomic mass is 16.5. The fraction of sp³-hybridized carbons (Fsp3) is 0.667. The van der Waals surface area contributed by atoms with E-state index in [1.165, 1.54) is 5.56 Å². The number of rotatable bonds is 9. The maximum atomic E-state index is 5.73. The number of nitrogens with one attached hydrogen (secondary N) is 1. The summed E-state index contributed by atoms with van der Waals surface area (Å²) in [5.74, 6) is 3.12. The normalized spacial score (nSPS) is 12.9. The van der Waals surface area contributed by atoms with Crippen LogP contribution in [0.1, 0.15) is 46.6 Å². The van der Waals surface area contributed by atoms with E-state index in [0.717, 1.165) is 37.8 Å². The third-order valence-corrected chi connectivity index (χ3v) is 3.82. The van der Waals surface area contributed by atoms with Crippen LogP contribution in [-0.2, 0) is 6.54 Å². The van der Waals surface area contributed by atoms with Gasteiger partial charge in [-0.05, 0) is 48.4 Å². The van der Waals surface area contributed by atoms with Crippen LogP contribution in [0.2, 0.25) is 0 Å². The van der Waals surface area contributed by atoms with Gasteiger partial charge in [0.1, 0.15) is 5.75 Å². The molecule has 0 saturated heterocycles. The van der Waals surface area contributed by atoms with Gasteiger partial charge in [-0.1, -0.05) is 46.8 Å². The van der Waals surface area contributed by atoms with Gasteiger partial charge in [-0.15, -0.1) is 0 Å². The quantitative estimate of drug-likeness (QED) is 0.718. The van der Waals surface area contributed by atoms with Crippen molar-refractivity contribution in [2.75, 3.05) is 13.2 Å². The Labute approximate surface area is 124 Å². The zero-order valence-electron chi connectivity index (χ0n) is 13.8.